The third-order valence-corrected chi connectivity index (χ3v) is 4.19. The van der Waals surface area contributed by atoms with E-state index in [2.05, 4.69) is 12.2 Å². The highest BCUT2D eigenvalue weighted by molar-refractivity contribution is 8.00. The number of rotatable bonds is 4. The Balaban J connectivity index is 1.98. The number of ether oxygens (including phenoxy) is 1. The molecule has 2 atom stereocenters. The first-order chi connectivity index (χ1) is 8.29. The number of anilines is 1. The minimum Gasteiger partial charge on any atom is -0.479 e. The highest BCUT2D eigenvalue weighted by atomic mass is 32.2. The van der Waals surface area contributed by atoms with Gasteiger partial charge < -0.3 is 10.1 Å². The van der Waals surface area contributed by atoms with E-state index in [1.807, 2.05) is 42.1 Å². The van der Waals surface area contributed by atoms with Gasteiger partial charge in [-0.2, -0.15) is 17.0 Å². The maximum absolute atomic E-state index is 8.47. The molecule has 0 spiro atoms. The molecule has 0 amide bonds. The predicted octanol–water partition coefficient (Wildman–Crippen LogP) is 2.89. The highest BCUT2D eigenvalue weighted by Crippen LogP contribution is 2.29. The average Bonchev–Trinajstić information content (AvgIpc) is 2.73. The second kappa shape index (κ2) is 5.83. The van der Waals surface area contributed by atoms with Gasteiger partial charge in [0.2, 0.25) is 0 Å². The van der Waals surface area contributed by atoms with Crippen LogP contribution < -0.4 is 10.1 Å². The Morgan fingerprint density at radius 2 is 2.47 bits per heavy atom. The number of nitrogens with zero attached hydrogens (tertiary/aromatic N) is 1. The summed E-state index contributed by atoms with van der Waals surface area (Å²) in [7, 11) is 0. The summed E-state index contributed by atoms with van der Waals surface area (Å²) in [5.41, 5.74) is 1.07. The molecule has 0 bridgehead atoms. The molecule has 1 saturated heterocycles. The molecule has 1 aliphatic heterocycles. The summed E-state index contributed by atoms with van der Waals surface area (Å²) >= 11 is 2.01. The Morgan fingerprint density at radius 1 is 1.59 bits per heavy atom. The zero-order valence-electron chi connectivity index (χ0n) is 9.85. The zero-order chi connectivity index (χ0) is 12.1. The van der Waals surface area contributed by atoms with E-state index >= 15 is 0 Å². The summed E-state index contributed by atoms with van der Waals surface area (Å²) in [6.45, 7) is 2.35. The van der Waals surface area contributed by atoms with E-state index in [1.165, 1.54) is 12.2 Å². The molecule has 2 unspecified atom stereocenters. The van der Waals surface area contributed by atoms with Crippen LogP contribution in [-0.2, 0) is 0 Å². The molecule has 0 aliphatic carbocycles. The van der Waals surface area contributed by atoms with Crippen LogP contribution in [0.3, 0.4) is 0 Å². The van der Waals surface area contributed by atoms with Crippen molar-refractivity contribution < 1.29 is 4.74 Å². The van der Waals surface area contributed by atoms with Crippen molar-refractivity contribution >= 4 is 17.4 Å². The molecule has 1 fully saturated rings. The fraction of sp³-hybridized carbons (Fsp3) is 0.462. The molecule has 1 aromatic carbocycles. The van der Waals surface area contributed by atoms with Crippen LogP contribution in [0.1, 0.15) is 13.3 Å². The first-order valence-electron chi connectivity index (χ1n) is 5.77. The minimum atomic E-state index is 0.0964. The molecule has 0 saturated carbocycles. The Bertz CT molecular complexity index is 416. The fourth-order valence-electron chi connectivity index (χ4n) is 1.93. The maximum atomic E-state index is 8.47. The van der Waals surface area contributed by atoms with Crippen molar-refractivity contribution in [1.29, 1.82) is 5.26 Å². The van der Waals surface area contributed by atoms with Gasteiger partial charge in [-0.1, -0.05) is 13.0 Å². The average molecular weight is 248 g/mol. The van der Waals surface area contributed by atoms with E-state index in [-0.39, 0.29) is 6.61 Å². The summed E-state index contributed by atoms with van der Waals surface area (Å²) in [5, 5.41) is 12.6. The van der Waals surface area contributed by atoms with Crippen molar-refractivity contribution in [3.8, 4) is 11.8 Å². The monoisotopic (exact) mass is 248 g/mol. The first-order valence-corrected chi connectivity index (χ1v) is 6.82. The first kappa shape index (κ1) is 12.1. The van der Waals surface area contributed by atoms with Crippen molar-refractivity contribution in [3.63, 3.8) is 0 Å². The molecule has 90 valence electrons. The number of thioether (sulfide) groups is 1. The van der Waals surface area contributed by atoms with Gasteiger partial charge in [0.1, 0.15) is 11.8 Å². The van der Waals surface area contributed by atoms with Gasteiger partial charge in [-0.3, -0.25) is 0 Å². The molecule has 1 heterocycles. The molecule has 0 radical (unpaired) electrons. The fourth-order valence-corrected chi connectivity index (χ4v) is 3.12. The van der Waals surface area contributed by atoms with E-state index in [0.717, 1.165) is 11.4 Å². The van der Waals surface area contributed by atoms with Gasteiger partial charge in [-0.15, -0.1) is 0 Å². The third kappa shape index (κ3) is 3.31. The Kier molecular flexibility index (Phi) is 4.16. The van der Waals surface area contributed by atoms with E-state index in [1.54, 1.807) is 0 Å². The van der Waals surface area contributed by atoms with E-state index in [4.69, 9.17) is 10.00 Å². The van der Waals surface area contributed by atoms with E-state index in [9.17, 15) is 0 Å². The van der Waals surface area contributed by atoms with Crippen LogP contribution in [0, 0.1) is 11.3 Å². The van der Waals surface area contributed by atoms with Gasteiger partial charge in [0, 0.05) is 23.0 Å². The standard InChI is InChI=1S/C13H16N2OS/c1-10-13(5-8-17-10)15-11-3-2-4-12(9-11)16-7-6-14/h2-4,9-10,13,15H,5,7-8H2,1H3. The maximum Gasteiger partial charge on any atom is 0.174 e. The summed E-state index contributed by atoms with van der Waals surface area (Å²) < 4.78 is 5.28. The highest BCUT2D eigenvalue weighted by Gasteiger charge is 2.23. The summed E-state index contributed by atoms with van der Waals surface area (Å²) in [5.74, 6) is 1.97. The van der Waals surface area contributed by atoms with Gasteiger partial charge in [0.15, 0.2) is 6.61 Å². The van der Waals surface area contributed by atoms with Gasteiger partial charge in [0.05, 0.1) is 0 Å². The predicted molar refractivity (Wildman–Crippen MR) is 71.5 cm³/mol. The van der Waals surface area contributed by atoms with Gasteiger partial charge in [-0.25, -0.2) is 0 Å². The van der Waals surface area contributed by atoms with Crippen LogP contribution in [0.4, 0.5) is 5.69 Å². The van der Waals surface area contributed by atoms with Crippen LogP contribution in [0.15, 0.2) is 24.3 Å². The van der Waals surface area contributed by atoms with E-state index < -0.39 is 0 Å². The second-order valence-corrected chi connectivity index (χ2v) is 5.58. The van der Waals surface area contributed by atoms with Gasteiger partial charge in [-0.05, 0) is 24.3 Å². The second-order valence-electron chi connectivity index (χ2n) is 4.09. The largest absolute Gasteiger partial charge is 0.479 e. The summed E-state index contributed by atoms with van der Waals surface area (Å²) in [4.78, 5) is 0. The molecule has 3 nitrogen and oxygen atoms in total. The molecule has 1 aliphatic rings. The van der Waals surface area contributed by atoms with Crippen molar-refractivity contribution in [2.75, 3.05) is 17.7 Å². The van der Waals surface area contributed by atoms with Crippen LogP contribution >= 0.6 is 11.8 Å². The number of nitriles is 1. The van der Waals surface area contributed by atoms with Gasteiger partial charge in [0.25, 0.3) is 0 Å². The normalized spacial score (nSPS) is 23.1. The van der Waals surface area contributed by atoms with Gasteiger partial charge >= 0.3 is 0 Å². The molecule has 2 rings (SSSR count). The lowest BCUT2D eigenvalue weighted by Crippen LogP contribution is -2.24. The van der Waals surface area contributed by atoms with Crippen molar-refractivity contribution in [1.82, 2.24) is 0 Å². The molecule has 1 aromatic rings. The third-order valence-electron chi connectivity index (χ3n) is 2.87. The summed E-state index contributed by atoms with van der Waals surface area (Å²) in [6.07, 6.45) is 1.20. The lowest BCUT2D eigenvalue weighted by Gasteiger charge is -2.18. The molecule has 17 heavy (non-hydrogen) atoms. The van der Waals surface area contributed by atoms with Crippen molar-refractivity contribution in [3.05, 3.63) is 24.3 Å². The number of nitrogens with one attached hydrogen (secondary N) is 1. The SMILES string of the molecule is CC1SCCC1Nc1cccc(OCC#N)c1. The Morgan fingerprint density at radius 3 is 3.18 bits per heavy atom. The lowest BCUT2D eigenvalue weighted by molar-refractivity contribution is 0.368. The molecule has 4 heteroatoms. The summed E-state index contributed by atoms with van der Waals surface area (Å²) in [6, 6.07) is 10.3. The van der Waals surface area contributed by atoms with Crippen LogP contribution in [0.25, 0.3) is 0 Å². The van der Waals surface area contributed by atoms with Crippen LogP contribution in [0.2, 0.25) is 0 Å². The smallest absolute Gasteiger partial charge is 0.174 e. The number of benzene rings is 1. The Hall–Kier alpha value is -1.34. The topological polar surface area (TPSA) is 45.0 Å². The van der Waals surface area contributed by atoms with Crippen LogP contribution in [0.5, 0.6) is 5.75 Å². The quantitative estimate of drug-likeness (QED) is 0.890. The zero-order valence-corrected chi connectivity index (χ0v) is 10.7. The van der Waals surface area contributed by atoms with Crippen molar-refractivity contribution in [2.45, 2.75) is 24.6 Å². The molecular formula is C13H16N2OS. The van der Waals surface area contributed by atoms with Crippen LogP contribution in [-0.4, -0.2) is 23.7 Å². The van der Waals surface area contributed by atoms with Crippen molar-refractivity contribution in [2.24, 2.45) is 0 Å². The minimum absolute atomic E-state index is 0.0964. The molecule has 0 aromatic heterocycles. The molecule has 1 N–H and O–H groups in total. The number of hydrogen-bond acceptors (Lipinski definition) is 4. The lowest BCUT2D eigenvalue weighted by atomic mass is 10.1. The molecular weight excluding hydrogens is 232 g/mol. The Labute approximate surface area is 106 Å². The van der Waals surface area contributed by atoms with E-state index in [0.29, 0.717) is 11.3 Å². The number of hydrogen-bond donors (Lipinski definition) is 1.